The zero-order valence-corrected chi connectivity index (χ0v) is 7.37. The van der Waals surface area contributed by atoms with Crippen LogP contribution in [0, 0.1) is 18.3 Å². The quantitative estimate of drug-likeness (QED) is 0.721. The number of nitriles is 1. The molecule has 0 aromatic carbocycles. The van der Waals surface area contributed by atoms with Crippen LogP contribution < -0.4 is 5.32 Å². The van der Waals surface area contributed by atoms with Gasteiger partial charge in [0.25, 0.3) is 5.91 Å². The predicted octanol–water partition coefficient (Wildman–Crippen LogP) is 0.625. The number of aromatic nitrogens is 1. The Bertz CT molecular complexity index is 351. The highest BCUT2D eigenvalue weighted by molar-refractivity contribution is 5.91. The molecule has 0 saturated carbocycles. The molecule has 0 aliphatic heterocycles. The van der Waals surface area contributed by atoms with Crippen molar-refractivity contribution in [2.75, 3.05) is 0 Å². The minimum absolute atomic E-state index is 0.125. The fraction of sp³-hybridized carbons (Fsp3) is 0.375. The summed E-state index contributed by atoms with van der Waals surface area (Å²) in [6.45, 7) is 3.30. The zero-order chi connectivity index (χ0) is 9.84. The van der Waals surface area contributed by atoms with Crippen LogP contribution in [-0.2, 0) is 0 Å². The fourth-order valence-electron chi connectivity index (χ4n) is 0.771. The van der Waals surface area contributed by atoms with Gasteiger partial charge in [-0.15, -0.1) is 0 Å². The zero-order valence-electron chi connectivity index (χ0n) is 7.37. The Labute approximate surface area is 75.3 Å². The molecule has 1 N–H and O–H groups in total. The Morgan fingerprint density at radius 2 is 2.54 bits per heavy atom. The Hall–Kier alpha value is -1.83. The number of amides is 1. The van der Waals surface area contributed by atoms with Crippen LogP contribution in [0.15, 0.2) is 10.6 Å². The number of nitrogens with one attached hydrogen (secondary N) is 1. The van der Waals surface area contributed by atoms with Crippen molar-refractivity contribution < 1.29 is 9.32 Å². The molecule has 1 aromatic rings. The maximum atomic E-state index is 11.2. The molecule has 0 spiro atoms. The van der Waals surface area contributed by atoms with E-state index >= 15 is 0 Å². The van der Waals surface area contributed by atoms with Crippen molar-refractivity contribution in [2.24, 2.45) is 0 Å². The second kappa shape index (κ2) is 3.72. The highest BCUT2D eigenvalue weighted by atomic mass is 16.5. The van der Waals surface area contributed by atoms with Crippen LogP contribution in [0.5, 0.6) is 0 Å². The normalized spacial score (nSPS) is 11.8. The number of carbonyl (C=O) groups excluding carboxylic acids is 1. The predicted molar refractivity (Wildman–Crippen MR) is 43.8 cm³/mol. The Morgan fingerprint density at radius 1 is 1.85 bits per heavy atom. The van der Waals surface area contributed by atoms with Crippen molar-refractivity contribution in [2.45, 2.75) is 19.9 Å². The average Bonchev–Trinajstić information content (AvgIpc) is 2.51. The van der Waals surface area contributed by atoms with Crippen molar-refractivity contribution in [1.29, 1.82) is 5.26 Å². The third kappa shape index (κ3) is 2.30. The molecule has 1 atom stereocenters. The van der Waals surface area contributed by atoms with E-state index in [1.165, 1.54) is 6.07 Å². The summed E-state index contributed by atoms with van der Waals surface area (Å²) in [5.74, 6) is -0.297. The van der Waals surface area contributed by atoms with Crippen LogP contribution in [0.4, 0.5) is 0 Å². The van der Waals surface area contributed by atoms with Crippen molar-refractivity contribution in [3.63, 3.8) is 0 Å². The number of hydrogen-bond donors (Lipinski definition) is 1. The Morgan fingerprint density at radius 3 is 3.00 bits per heavy atom. The van der Waals surface area contributed by atoms with Gasteiger partial charge < -0.3 is 9.84 Å². The number of nitrogens with zero attached hydrogens (tertiary/aromatic N) is 2. The SMILES string of the molecule is Cc1cc(C(=O)NC(C)C#N)on1. The van der Waals surface area contributed by atoms with Gasteiger partial charge in [-0.25, -0.2) is 0 Å². The number of aryl methyl sites for hydroxylation is 1. The maximum absolute atomic E-state index is 11.2. The molecule has 68 valence electrons. The topological polar surface area (TPSA) is 78.9 Å². The highest BCUT2D eigenvalue weighted by Crippen LogP contribution is 2.01. The lowest BCUT2D eigenvalue weighted by Gasteiger charge is -2.01. The van der Waals surface area contributed by atoms with Gasteiger partial charge in [0, 0.05) is 6.07 Å². The molecular weight excluding hydrogens is 170 g/mol. The van der Waals surface area contributed by atoms with E-state index < -0.39 is 11.9 Å². The van der Waals surface area contributed by atoms with Gasteiger partial charge in [0.1, 0.15) is 6.04 Å². The summed E-state index contributed by atoms with van der Waals surface area (Å²) < 4.78 is 4.70. The minimum atomic E-state index is -0.530. The van der Waals surface area contributed by atoms with Crippen LogP contribution in [0.1, 0.15) is 23.2 Å². The minimum Gasteiger partial charge on any atom is -0.351 e. The molecule has 1 aromatic heterocycles. The molecule has 5 nitrogen and oxygen atoms in total. The lowest BCUT2D eigenvalue weighted by Crippen LogP contribution is -2.30. The van der Waals surface area contributed by atoms with Crippen molar-refractivity contribution in [1.82, 2.24) is 10.5 Å². The third-order valence-electron chi connectivity index (χ3n) is 1.39. The fourth-order valence-corrected chi connectivity index (χ4v) is 0.771. The van der Waals surface area contributed by atoms with E-state index in [0.717, 1.165) is 0 Å². The van der Waals surface area contributed by atoms with E-state index in [1.807, 2.05) is 6.07 Å². The van der Waals surface area contributed by atoms with E-state index in [2.05, 4.69) is 10.5 Å². The van der Waals surface area contributed by atoms with Gasteiger partial charge in [-0.2, -0.15) is 5.26 Å². The molecule has 0 bridgehead atoms. The standard InChI is InChI=1S/C8H9N3O2/c1-5-3-7(13-11-5)8(12)10-6(2)4-9/h3,6H,1-2H3,(H,10,12). The molecule has 0 aliphatic rings. The molecular formula is C8H9N3O2. The summed E-state index contributed by atoms with van der Waals surface area (Å²) >= 11 is 0. The summed E-state index contributed by atoms with van der Waals surface area (Å²) in [6.07, 6.45) is 0. The molecule has 13 heavy (non-hydrogen) atoms. The molecule has 0 fully saturated rings. The average molecular weight is 179 g/mol. The summed E-state index contributed by atoms with van der Waals surface area (Å²) in [6, 6.07) is 2.86. The van der Waals surface area contributed by atoms with Crippen LogP contribution in [0.3, 0.4) is 0 Å². The summed E-state index contributed by atoms with van der Waals surface area (Å²) in [4.78, 5) is 11.2. The summed E-state index contributed by atoms with van der Waals surface area (Å²) in [5.41, 5.74) is 0.634. The van der Waals surface area contributed by atoms with Crippen LogP contribution in [0.25, 0.3) is 0 Å². The van der Waals surface area contributed by atoms with Gasteiger partial charge in [0.05, 0.1) is 11.8 Å². The molecule has 1 amide bonds. The van der Waals surface area contributed by atoms with Gasteiger partial charge in [-0.05, 0) is 13.8 Å². The van der Waals surface area contributed by atoms with Crippen molar-refractivity contribution >= 4 is 5.91 Å². The van der Waals surface area contributed by atoms with E-state index in [1.54, 1.807) is 13.8 Å². The Balaban J connectivity index is 2.65. The molecule has 0 radical (unpaired) electrons. The number of rotatable bonds is 2. The van der Waals surface area contributed by atoms with Gasteiger partial charge in [-0.3, -0.25) is 4.79 Å². The second-order valence-corrected chi connectivity index (χ2v) is 2.66. The van der Waals surface area contributed by atoms with Crippen LogP contribution in [0.2, 0.25) is 0 Å². The van der Waals surface area contributed by atoms with Gasteiger partial charge in [-0.1, -0.05) is 5.16 Å². The van der Waals surface area contributed by atoms with Gasteiger partial charge in [0.2, 0.25) is 5.76 Å². The first kappa shape index (κ1) is 9.26. The van der Waals surface area contributed by atoms with Crippen LogP contribution in [-0.4, -0.2) is 17.1 Å². The molecule has 1 rings (SSSR count). The molecule has 0 aliphatic carbocycles. The third-order valence-corrected chi connectivity index (χ3v) is 1.39. The van der Waals surface area contributed by atoms with Crippen LogP contribution >= 0.6 is 0 Å². The number of carbonyl (C=O) groups is 1. The lowest BCUT2D eigenvalue weighted by molar-refractivity contribution is 0.0910. The molecule has 1 unspecified atom stereocenters. The van der Waals surface area contributed by atoms with E-state index in [0.29, 0.717) is 5.69 Å². The monoisotopic (exact) mass is 179 g/mol. The first-order valence-corrected chi connectivity index (χ1v) is 3.77. The molecule has 0 saturated heterocycles. The van der Waals surface area contributed by atoms with E-state index in [4.69, 9.17) is 9.78 Å². The van der Waals surface area contributed by atoms with Gasteiger partial charge in [0.15, 0.2) is 0 Å². The van der Waals surface area contributed by atoms with Crippen molar-refractivity contribution in [3.05, 3.63) is 17.5 Å². The van der Waals surface area contributed by atoms with E-state index in [9.17, 15) is 4.79 Å². The Kier molecular flexibility index (Phi) is 2.65. The highest BCUT2D eigenvalue weighted by Gasteiger charge is 2.13. The smallest absolute Gasteiger partial charge is 0.290 e. The first-order chi connectivity index (χ1) is 6.13. The largest absolute Gasteiger partial charge is 0.351 e. The maximum Gasteiger partial charge on any atom is 0.290 e. The lowest BCUT2D eigenvalue weighted by atomic mass is 10.3. The van der Waals surface area contributed by atoms with E-state index in [-0.39, 0.29) is 5.76 Å². The second-order valence-electron chi connectivity index (χ2n) is 2.66. The first-order valence-electron chi connectivity index (χ1n) is 3.77. The number of hydrogen-bond acceptors (Lipinski definition) is 4. The molecule has 1 heterocycles. The molecule has 5 heteroatoms. The van der Waals surface area contributed by atoms with Gasteiger partial charge >= 0.3 is 0 Å². The van der Waals surface area contributed by atoms with Crippen molar-refractivity contribution in [3.8, 4) is 6.07 Å². The summed E-state index contributed by atoms with van der Waals surface area (Å²) in [7, 11) is 0. The summed E-state index contributed by atoms with van der Waals surface area (Å²) in [5, 5.41) is 14.4.